The molecule has 0 aliphatic heterocycles. The lowest BCUT2D eigenvalue weighted by molar-refractivity contribution is 0.176. The maximum Gasteiger partial charge on any atom is 0.271 e. The van der Waals surface area contributed by atoms with Crippen LogP contribution in [0.15, 0.2) is 74.8 Å². The van der Waals surface area contributed by atoms with E-state index >= 15 is 0 Å². The van der Waals surface area contributed by atoms with Crippen molar-refractivity contribution in [2.24, 2.45) is 0 Å². The number of anilines is 1. The summed E-state index contributed by atoms with van der Waals surface area (Å²) >= 11 is 7.12. The van der Waals surface area contributed by atoms with E-state index in [1.165, 1.54) is 0 Å². The highest BCUT2D eigenvalue weighted by molar-refractivity contribution is 7.94. The van der Waals surface area contributed by atoms with Gasteiger partial charge in [-0.25, -0.2) is 8.42 Å². The second-order valence-corrected chi connectivity index (χ2v) is 9.58. The first-order valence-electron chi connectivity index (χ1n) is 8.83. The molecule has 0 unspecified atom stereocenters. The average Bonchev–Trinajstić information content (AvgIpc) is 3.41. The van der Waals surface area contributed by atoms with E-state index in [1.807, 2.05) is 0 Å². The number of nitrogens with zero attached hydrogens (tertiary/aromatic N) is 2. The molecule has 0 amide bonds. The highest BCUT2D eigenvalue weighted by atomic mass is 35.5. The highest BCUT2D eigenvalue weighted by Gasteiger charge is 2.18. The van der Waals surface area contributed by atoms with Crippen LogP contribution in [0.3, 0.4) is 0 Å². The van der Waals surface area contributed by atoms with E-state index in [0.717, 1.165) is 11.3 Å². The lowest BCUT2D eigenvalue weighted by Gasteiger charge is -2.10. The zero-order chi connectivity index (χ0) is 21.1. The molecule has 1 atom stereocenters. The van der Waals surface area contributed by atoms with Crippen LogP contribution in [0.4, 0.5) is 5.69 Å². The van der Waals surface area contributed by atoms with Gasteiger partial charge in [-0.05, 0) is 60.8 Å². The number of hydrogen-bond acceptors (Lipinski definition) is 7. The zero-order valence-electron chi connectivity index (χ0n) is 15.7. The summed E-state index contributed by atoms with van der Waals surface area (Å²) in [5, 5.41) is 6.26. The predicted molar refractivity (Wildman–Crippen MR) is 115 cm³/mol. The number of aromatic nitrogens is 2. The molecule has 10 heteroatoms. The fourth-order valence-electron chi connectivity index (χ4n) is 2.62. The summed E-state index contributed by atoms with van der Waals surface area (Å²) in [6, 6.07) is 17.0. The summed E-state index contributed by atoms with van der Waals surface area (Å²) in [4.78, 5) is 4.37. The number of nitrogens with one attached hydrogen (secondary N) is 1. The van der Waals surface area contributed by atoms with E-state index in [0.29, 0.717) is 33.7 Å². The smallest absolute Gasteiger partial charge is 0.271 e. The molecule has 2 heterocycles. The molecule has 0 saturated carbocycles. The van der Waals surface area contributed by atoms with Crippen molar-refractivity contribution in [2.75, 3.05) is 4.72 Å². The van der Waals surface area contributed by atoms with Gasteiger partial charge in [-0.15, -0.1) is 11.3 Å². The van der Waals surface area contributed by atoms with Crippen LogP contribution in [0.1, 0.15) is 18.9 Å². The predicted octanol–water partition coefficient (Wildman–Crippen LogP) is 5.39. The van der Waals surface area contributed by atoms with Crippen LogP contribution in [0, 0.1) is 0 Å². The van der Waals surface area contributed by atoms with Crippen molar-refractivity contribution >= 4 is 38.6 Å². The number of rotatable bonds is 7. The fraction of sp³-hybridized carbons (Fsp3) is 0.100. The molecule has 4 rings (SSSR count). The van der Waals surface area contributed by atoms with Crippen LogP contribution in [-0.2, 0) is 10.0 Å². The molecule has 1 N–H and O–H groups in total. The fourth-order valence-corrected chi connectivity index (χ4v) is 4.85. The largest absolute Gasteiger partial charge is 0.481 e. The van der Waals surface area contributed by atoms with E-state index < -0.39 is 16.1 Å². The molecule has 2 aromatic heterocycles. The number of thiophene rings is 1. The third kappa shape index (κ3) is 4.64. The van der Waals surface area contributed by atoms with Crippen LogP contribution in [0.5, 0.6) is 5.75 Å². The van der Waals surface area contributed by atoms with Crippen molar-refractivity contribution < 1.29 is 17.7 Å². The van der Waals surface area contributed by atoms with Crippen LogP contribution >= 0.6 is 22.9 Å². The lowest BCUT2D eigenvalue weighted by Crippen LogP contribution is -2.11. The summed E-state index contributed by atoms with van der Waals surface area (Å²) in [6.07, 6.45) is -0.471. The Morgan fingerprint density at radius 3 is 2.63 bits per heavy atom. The summed E-state index contributed by atoms with van der Waals surface area (Å²) in [5.41, 5.74) is 1.12. The van der Waals surface area contributed by atoms with Crippen molar-refractivity contribution in [3.8, 4) is 17.1 Å². The molecule has 0 bridgehead atoms. The van der Waals surface area contributed by atoms with Gasteiger partial charge in [-0.3, -0.25) is 4.72 Å². The Kier molecular flexibility index (Phi) is 5.76. The van der Waals surface area contributed by atoms with Gasteiger partial charge in [0, 0.05) is 16.3 Å². The number of benzene rings is 2. The number of sulfonamides is 1. The van der Waals surface area contributed by atoms with Crippen LogP contribution < -0.4 is 9.46 Å². The van der Waals surface area contributed by atoms with Gasteiger partial charge in [-0.1, -0.05) is 28.9 Å². The average molecular weight is 462 g/mol. The third-order valence-corrected chi connectivity index (χ3v) is 7.07. The van der Waals surface area contributed by atoms with Gasteiger partial charge < -0.3 is 9.26 Å². The van der Waals surface area contributed by atoms with Crippen LogP contribution in [-0.4, -0.2) is 18.6 Å². The van der Waals surface area contributed by atoms with E-state index in [2.05, 4.69) is 14.9 Å². The molecule has 154 valence electrons. The van der Waals surface area contributed by atoms with Crippen LogP contribution in [0.25, 0.3) is 11.4 Å². The maximum absolute atomic E-state index is 12.3. The molecular formula is C20H16ClN3O4S2. The van der Waals surface area contributed by atoms with Gasteiger partial charge in [0.25, 0.3) is 15.9 Å². The van der Waals surface area contributed by atoms with Crippen molar-refractivity contribution in [3.05, 3.63) is 77.0 Å². The van der Waals surface area contributed by atoms with Gasteiger partial charge in [0.2, 0.25) is 5.82 Å². The molecular weight excluding hydrogens is 446 g/mol. The molecule has 0 saturated heterocycles. The maximum atomic E-state index is 12.3. The second kappa shape index (κ2) is 8.47. The monoisotopic (exact) mass is 461 g/mol. The SMILES string of the molecule is C[C@H](Oc1cccc(Cl)c1)c1nc(-c2ccc(NS(=O)(=O)c3cccs3)cc2)no1. The topological polar surface area (TPSA) is 94.3 Å². The number of halogens is 1. The molecule has 0 aliphatic rings. The van der Waals surface area contributed by atoms with Crippen molar-refractivity contribution in [2.45, 2.75) is 17.2 Å². The Morgan fingerprint density at radius 1 is 1.13 bits per heavy atom. The minimum absolute atomic E-state index is 0.253. The Hall–Kier alpha value is -2.88. The van der Waals surface area contributed by atoms with Crippen molar-refractivity contribution in [1.29, 1.82) is 0 Å². The summed E-state index contributed by atoms with van der Waals surface area (Å²) < 4.78 is 38.5. The molecule has 4 aromatic rings. The normalized spacial score (nSPS) is 12.5. The molecule has 0 spiro atoms. The zero-order valence-corrected chi connectivity index (χ0v) is 18.0. The third-order valence-electron chi connectivity index (χ3n) is 4.05. The molecule has 7 nitrogen and oxygen atoms in total. The van der Waals surface area contributed by atoms with Crippen LogP contribution in [0.2, 0.25) is 5.02 Å². The molecule has 0 aliphatic carbocycles. The van der Waals surface area contributed by atoms with Gasteiger partial charge in [0.15, 0.2) is 6.10 Å². The van der Waals surface area contributed by atoms with Crippen molar-refractivity contribution in [3.63, 3.8) is 0 Å². The summed E-state index contributed by atoms with van der Waals surface area (Å²) in [7, 11) is -3.59. The summed E-state index contributed by atoms with van der Waals surface area (Å²) in [6.45, 7) is 1.79. The Morgan fingerprint density at radius 2 is 1.93 bits per heavy atom. The highest BCUT2D eigenvalue weighted by Crippen LogP contribution is 2.26. The first-order chi connectivity index (χ1) is 14.4. The Bertz CT molecular complexity index is 1240. The lowest BCUT2D eigenvalue weighted by atomic mass is 10.2. The quantitative estimate of drug-likeness (QED) is 0.396. The first kappa shape index (κ1) is 20.4. The van der Waals surface area contributed by atoms with Gasteiger partial charge in [0.1, 0.15) is 9.96 Å². The Balaban J connectivity index is 1.46. The standard InChI is InChI=1S/C20H16ClN3O4S2/c1-13(27-17-5-2-4-15(21)12-17)20-22-19(23-28-20)14-7-9-16(10-8-14)24-30(25,26)18-6-3-11-29-18/h2-13,24H,1H3/t13-/m0/s1. The minimum Gasteiger partial charge on any atom is -0.481 e. The Labute approximate surface area is 182 Å². The first-order valence-corrected chi connectivity index (χ1v) is 11.6. The summed E-state index contributed by atoms with van der Waals surface area (Å²) in [5.74, 6) is 1.28. The van der Waals surface area contributed by atoms with Crippen molar-refractivity contribution in [1.82, 2.24) is 10.1 Å². The second-order valence-electron chi connectivity index (χ2n) is 6.29. The molecule has 2 aromatic carbocycles. The van der Waals surface area contributed by atoms with E-state index in [4.69, 9.17) is 20.9 Å². The molecule has 30 heavy (non-hydrogen) atoms. The van der Waals surface area contributed by atoms with E-state index in [1.54, 1.807) is 73.0 Å². The minimum atomic E-state index is -3.59. The van der Waals surface area contributed by atoms with E-state index in [-0.39, 0.29) is 4.21 Å². The van der Waals surface area contributed by atoms with Gasteiger partial charge >= 0.3 is 0 Å². The molecule has 0 radical (unpaired) electrons. The van der Waals surface area contributed by atoms with Gasteiger partial charge in [-0.2, -0.15) is 4.98 Å². The number of ether oxygens (including phenoxy) is 1. The molecule has 0 fully saturated rings. The van der Waals surface area contributed by atoms with E-state index in [9.17, 15) is 8.42 Å². The van der Waals surface area contributed by atoms with Gasteiger partial charge in [0.05, 0.1) is 0 Å². The number of hydrogen-bond donors (Lipinski definition) is 1.